The van der Waals surface area contributed by atoms with Crippen molar-refractivity contribution in [3.63, 3.8) is 0 Å². The highest BCUT2D eigenvalue weighted by molar-refractivity contribution is 5.91. The van der Waals surface area contributed by atoms with Gasteiger partial charge in [0.1, 0.15) is 17.3 Å². The molecule has 0 fully saturated rings. The predicted molar refractivity (Wildman–Crippen MR) is 101 cm³/mol. The molecule has 0 unspecified atom stereocenters. The normalized spacial score (nSPS) is 10.3. The lowest BCUT2D eigenvalue weighted by Gasteiger charge is -2.09. The number of hydrogen-bond acceptors (Lipinski definition) is 4. The van der Waals surface area contributed by atoms with Crippen LogP contribution in [-0.4, -0.2) is 12.6 Å². The highest BCUT2D eigenvalue weighted by Gasteiger charge is 2.15. The molecule has 0 N–H and O–H groups in total. The van der Waals surface area contributed by atoms with Crippen LogP contribution < -0.4 is 9.47 Å². The molecular weight excluding hydrogens is 345 g/mol. The summed E-state index contributed by atoms with van der Waals surface area (Å²) < 4.78 is 24.9. The maximum absolute atomic E-state index is 14.2. The fourth-order valence-corrected chi connectivity index (χ4v) is 2.58. The van der Waals surface area contributed by atoms with Crippen molar-refractivity contribution in [3.8, 4) is 17.6 Å². The van der Waals surface area contributed by atoms with Gasteiger partial charge in [-0.15, -0.1) is 0 Å². The van der Waals surface area contributed by atoms with Gasteiger partial charge in [-0.1, -0.05) is 39.0 Å². The molecule has 0 atom stereocenters. The number of carbonyl (C=O) groups excluding carboxylic acids is 1. The summed E-state index contributed by atoms with van der Waals surface area (Å²) in [5.41, 5.74) is 0.291. The van der Waals surface area contributed by atoms with Crippen LogP contribution in [0.15, 0.2) is 42.5 Å². The zero-order valence-electron chi connectivity index (χ0n) is 15.5. The number of hydrogen-bond donors (Lipinski definition) is 0. The van der Waals surface area contributed by atoms with Crippen LogP contribution in [0.3, 0.4) is 0 Å². The number of carbonyl (C=O) groups is 1. The number of unbranched alkanes of at least 4 members (excludes halogenated alkanes) is 5. The van der Waals surface area contributed by atoms with Crippen LogP contribution in [0.1, 0.15) is 61.4 Å². The summed E-state index contributed by atoms with van der Waals surface area (Å²) in [4.78, 5) is 12.1. The minimum absolute atomic E-state index is 0.161. The second-order valence-corrected chi connectivity index (χ2v) is 6.28. The number of benzene rings is 2. The monoisotopic (exact) mass is 369 g/mol. The fraction of sp³-hybridized carbons (Fsp3) is 0.364. The molecule has 0 aliphatic heterocycles. The summed E-state index contributed by atoms with van der Waals surface area (Å²) in [6, 6.07) is 12.1. The minimum Gasteiger partial charge on any atom is -0.493 e. The number of rotatable bonds is 10. The molecule has 0 amide bonds. The Kier molecular flexibility index (Phi) is 8.31. The summed E-state index contributed by atoms with van der Waals surface area (Å²) in [6.45, 7) is 2.71. The first-order valence-corrected chi connectivity index (χ1v) is 9.28. The van der Waals surface area contributed by atoms with Gasteiger partial charge in [-0.25, -0.2) is 9.18 Å². The van der Waals surface area contributed by atoms with Gasteiger partial charge in [0.25, 0.3) is 0 Å². The van der Waals surface area contributed by atoms with Crippen molar-refractivity contribution < 1.29 is 18.7 Å². The van der Waals surface area contributed by atoms with Crippen molar-refractivity contribution in [3.05, 3.63) is 59.4 Å². The lowest BCUT2D eigenvalue weighted by atomic mass is 10.1. The summed E-state index contributed by atoms with van der Waals surface area (Å²) in [5.74, 6) is -0.827. The third kappa shape index (κ3) is 6.74. The minimum atomic E-state index is -0.792. The molecule has 0 heterocycles. The van der Waals surface area contributed by atoms with Crippen LogP contribution in [0.5, 0.6) is 11.5 Å². The van der Waals surface area contributed by atoms with Crippen LogP contribution in [-0.2, 0) is 0 Å². The van der Waals surface area contributed by atoms with E-state index in [2.05, 4.69) is 6.92 Å². The molecule has 2 aromatic rings. The van der Waals surface area contributed by atoms with Crippen LogP contribution >= 0.6 is 0 Å². The third-order valence-electron chi connectivity index (χ3n) is 4.12. The van der Waals surface area contributed by atoms with Crippen molar-refractivity contribution in [2.24, 2.45) is 0 Å². The van der Waals surface area contributed by atoms with Crippen LogP contribution in [0.4, 0.5) is 4.39 Å². The van der Waals surface area contributed by atoms with Gasteiger partial charge in [-0.3, -0.25) is 0 Å². The molecule has 27 heavy (non-hydrogen) atoms. The quantitative estimate of drug-likeness (QED) is 0.308. The van der Waals surface area contributed by atoms with Crippen molar-refractivity contribution in [1.82, 2.24) is 0 Å². The smallest absolute Gasteiger partial charge is 0.346 e. The van der Waals surface area contributed by atoms with Crippen molar-refractivity contribution in [2.45, 2.75) is 45.4 Å². The van der Waals surface area contributed by atoms with Gasteiger partial charge in [-0.2, -0.15) is 5.26 Å². The lowest BCUT2D eigenvalue weighted by Crippen LogP contribution is -2.11. The van der Waals surface area contributed by atoms with E-state index >= 15 is 0 Å². The van der Waals surface area contributed by atoms with E-state index in [9.17, 15) is 9.18 Å². The number of esters is 1. The molecule has 5 heteroatoms. The largest absolute Gasteiger partial charge is 0.493 e. The average molecular weight is 369 g/mol. The Morgan fingerprint density at radius 1 is 1.00 bits per heavy atom. The molecule has 0 bridgehead atoms. The van der Waals surface area contributed by atoms with Gasteiger partial charge in [0.2, 0.25) is 0 Å². The van der Waals surface area contributed by atoms with E-state index in [0.29, 0.717) is 17.9 Å². The maximum Gasteiger partial charge on any atom is 0.346 e. The third-order valence-corrected chi connectivity index (χ3v) is 4.12. The Hall–Kier alpha value is -2.87. The van der Waals surface area contributed by atoms with Crippen LogP contribution in [0.25, 0.3) is 0 Å². The SMILES string of the molecule is CCCCCCCCOc1ccc(C(=O)Oc2ccc(C#N)cc2)c(F)c1. The molecule has 0 aliphatic rings. The van der Waals surface area contributed by atoms with Crippen LogP contribution in [0, 0.1) is 17.1 Å². The Balaban J connectivity index is 1.84. The highest BCUT2D eigenvalue weighted by Crippen LogP contribution is 2.20. The molecule has 2 rings (SSSR count). The van der Waals surface area contributed by atoms with Gasteiger partial charge in [-0.05, 0) is 42.8 Å². The molecule has 142 valence electrons. The Labute approximate surface area is 159 Å². The van der Waals surface area contributed by atoms with E-state index in [-0.39, 0.29) is 11.3 Å². The van der Waals surface area contributed by atoms with Gasteiger partial charge >= 0.3 is 5.97 Å². The number of nitrogens with zero attached hydrogens (tertiary/aromatic N) is 1. The highest BCUT2D eigenvalue weighted by atomic mass is 19.1. The van der Waals surface area contributed by atoms with E-state index < -0.39 is 11.8 Å². The average Bonchev–Trinajstić information content (AvgIpc) is 2.68. The second kappa shape index (κ2) is 11.0. The van der Waals surface area contributed by atoms with Crippen molar-refractivity contribution in [1.29, 1.82) is 5.26 Å². The van der Waals surface area contributed by atoms with Gasteiger partial charge in [0.05, 0.1) is 23.8 Å². The zero-order chi connectivity index (χ0) is 19.5. The molecule has 0 radical (unpaired) electrons. The molecule has 0 saturated carbocycles. The Morgan fingerprint density at radius 3 is 2.33 bits per heavy atom. The van der Waals surface area contributed by atoms with Gasteiger partial charge < -0.3 is 9.47 Å². The van der Waals surface area contributed by atoms with E-state index in [1.54, 1.807) is 6.07 Å². The molecule has 4 nitrogen and oxygen atoms in total. The van der Waals surface area contributed by atoms with Crippen molar-refractivity contribution >= 4 is 5.97 Å². The van der Waals surface area contributed by atoms with E-state index in [1.165, 1.54) is 62.1 Å². The number of ether oxygens (including phenoxy) is 2. The van der Waals surface area contributed by atoms with Gasteiger partial charge in [0, 0.05) is 6.07 Å². The van der Waals surface area contributed by atoms with Gasteiger partial charge in [0.15, 0.2) is 0 Å². The summed E-state index contributed by atoms with van der Waals surface area (Å²) in [6.07, 6.45) is 6.92. The van der Waals surface area contributed by atoms with Crippen LogP contribution in [0.2, 0.25) is 0 Å². The first-order chi connectivity index (χ1) is 13.1. The molecule has 0 spiro atoms. The standard InChI is InChI=1S/C22H24FNO3/c1-2-3-4-5-6-7-14-26-19-12-13-20(21(23)15-19)22(25)27-18-10-8-17(16-24)9-11-18/h8-13,15H,2-7,14H2,1H3. The number of nitriles is 1. The molecule has 0 aromatic heterocycles. The Bertz CT molecular complexity index is 781. The van der Waals surface area contributed by atoms with Crippen molar-refractivity contribution in [2.75, 3.05) is 6.61 Å². The first kappa shape index (κ1) is 20.4. The predicted octanol–water partition coefficient (Wildman–Crippen LogP) is 5.66. The molecule has 0 saturated heterocycles. The summed E-state index contributed by atoms with van der Waals surface area (Å²) >= 11 is 0. The molecule has 2 aromatic carbocycles. The second-order valence-electron chi connectivity index (χ2n) is 6.28. The number of halogens is 1. The zero-order valence-corrected chi connectivity index (χ0v) is 15.5. The first-order valence-electron chi connectivity index (χ1n) is 9.28. The fourth-order valence-electron chi connectivity index (χ4n) is 2.58. The van der Waals surface area contributed by atoms with E-state index in [0.717, 1.165) is 12.8 Å². The van der Waals surface area contributed by atoms with E-state index in [4.69, 9.17) is 14.7 Å². The molecule has 0 aliphatic carbocycles. The Morgan fingerprint density at radius 2 is 1.67 bits per heavy atom. The van der Waals surface area contributed by atoms with E-state index in [1.807, 2.05) is 6.07 Å². The summed E-state index contributed by atoms with van der Waals surface area (Å²) in [5, 5.41) is 8.76. The lowest BCUT2D eigenvalue weighted by molar-refractivity contribution is 0.0730. The molecular formula is C22H24FNO3. The summed E-state index contributed by atoms with van der Waals surface area (Å²) in [7, 11) is 0. The maximum atomic E-state index is 14.2. The topological polar surface area (TPSA) is 59.3 Å².